The molecule has 0 spiro atoms. The van der Waals surface area contributed by atoms with Crippen LogP contribution in [0, 0.1) is 10.8 Å². The summed E-state index contributed by atoms with van der Waals surface area (Å²) in [4.78, 5) is 3.10. The molecule has 0 saturated carbocycles. The summed E-state index contributed by atoms with van der Waals surface area (Å²) in [6.07, 6.45) is 2.38. The maximum atomic E-state index is 2.43. The molecule has 0 amide bonds. The molecule has 0 N–H and O–H groups in total. The van der Waals surface area contributed by atoms with E-state index in [1.165, 1.54) is 12.8 Å². The van der Waals surface area contributed by atoms with E-state index in [1.54, 1.807) is 9.75 Å². The van der Waals surface area contributed by atoms with Gasteiger partial charge in [-0.2, -0.15) is 0 Å². The monoisotopic (exact) mass is 308 g/mol. The van der Waals surface area contributed by atoms with Gasteiger partial charge in [0.25, 0.3) is 0 Å². The number of thiophene rings is 1. The van der Waals surface area contributed by atoms with Crippen molar-refractivity contribution in [1.29, 1.82) is 0 Å². The Labute approximate surface area is 137 Å². The standard InChI is InChI=1S/C20H36S/c1-11-19(9,17(3,4)5)15-13-14-16(21-15)20(10,12-2)18(6,7)8/h13-14H,11-12H2,1-10H3. The van der Waals surface area contributed by atoms with Gasteiger partial charge in [-0.25, -0.2) is 0 Å². The molecule has 21 heavy (non-hydrogen) atoms. The summed E-state index contributed by atoms with van der Waals surface area (Å²) in [7, 11) is 0. The first kappa shape index (κ1) is 18.7. The summed E-state index contributed by atoms with van der Waals surface area (Å²) in [6.45, 7) is 23.8. The fraction of sp³-hybridized carbons (Fsp3) is 0.800. The van der Waals surface area contributed by atoms with Crippen LogP contribution in [0.15, 0.2) is 12.1 Å². The Morgan fingerprint density at radius 3 is 1.14 bits per heavy atom. The first-order chi connectivity index (χ1) is 9.33. The van der Waals surface area contributed by atoms with Crippen LogP contribution in [-0.2, 0) is 10.8 Å². The highest BCUT2D eigenvalue weighted by Crippen LogP contribution is 2.51. The average Bonchev–Trinajstić information content (AvgIpc) is 2.84. The minimum atomic E-state index is 0.252. The molecule has 1 heteroatoms. The molecule has 0 radical (unpaired) electrons. The highest BCUT2D eigenvalue weighted by Gasteiger charge is 2.42. The van der Waals surface area contributed by atoms with E-state index in [-0.39, 0.29) is 21.7 Å². The van der Waals surface area contributed by atoms with Gasteiger partial charge in [0.1, 0.15) is 0 Å². The summed E-state index contributed by atoms with van der Waals surface area (Å²) >= 11 is 2.05. The Kier molecular flexibility index (Phi) is 5.11. The third-order valence-corrected chi connectivity index (χ3v) is 8.03. The van der Waals surface area contributed by atoms with Crippen LogP contribution >= 0.6 is 11.3 Å². The number of rotatable bonds is 4. The molecule has 0 aromatic carbocycles. The summed E-state index contributed by atoms with van der Waals surface area (Å²) in [5.41, 5.74) is 1.08. The van der Waals surface area contributed by atoms with Gasteiger partial charge in [0.05, 0.1) is 0 Å². The quantitative estimate of drug-likeness (QED) is 0.552. The molecule has 1 aromatic rings. The van der Waals surface area contributed by atoms with E-state index in [4.69, 9.17) is 0 Å². The first-order valence-electron chi connectivity index (χ1n) is 8.44. The van der Waals surface area contributed by atoms with Crippen molar-refractivity contribution < 1.29 is 0 Å². The summed E-state index contributed by atoms with van der Waals surface area (Å²) < 4.78 is 0. The van der Waals surface area contributed by atoms with Crippen molar-refractivity contribution >= 4 is 11.3 Å². The van der Waals surface area contributed by atoms with Gasteiger partial charge < -0.3 is 0 Å². The lowest BCUT2D eigenvalue weighted by atomic mass is 9.65. The smallest absolute Gasteiger partial charge is 0.0113 e. The zero-order chi connectivity index (χ0) is 16.7. The molecule has 0 nitrogen and oxygen atoms in total. The molecule has 0 aliphatic carbocycles. The molecule has 2 unspecified atom stereocenters. The molecule has 0 aliphatic heterocycles. The Bertz CT molecular complexity index is 426. The molecule has 0 aliphatic rings. The predicted octanol–water partition coefficient (Wildman–Crippen LogP) is 7.18. The Morgan fingerprint density at radius 2 is 0.952 bits per heavy atom. The van der Waals surface area contributed by atoms with Crippen molar-refractivity contribution in [3.05, 3.63) is 21.9 Å². The third kappa shape index (κ3) is 3.09. The molecule has 0 bridgehead atoms. The van der Waals surface area contributed by atoms with Crippen LogP contribution < -0.4 is 0 Å². The number of hydrogen-bond acceptors (Lipinski definition) is 1. The van der Waals surface area contributed by atoms with E-state index < -0.39 is 0 Å². The van der Waals surface area contributed by atoms with Gasteiger partial charge in [-0.15, -0.1) is 11.3 Å². The zero-order valence-electron chi connectivity index (χ0n) is 16.0. The van der Waals surface area contributed by atoms with Gasteiger partial charge in [0.15, 0.2) is 0 Å². The van der Waals surface area contributed by atoms with Crippen LogP contribution in [-0.4, -0.2) is 0 Å². The van der Waals surface area contributed by atoms with Gasteiger partial charge in [-0.3, -0.25) is 0 Å². The molecule has 122 valence electrons. The van der Waals surface area contributed by atoms with E-state index in [0.29, 0.717) is 0 Å². The molecular formula is C20H36S. The minimum absolute atomic E-state index is 0.252. The maximum absolute atomic E-state index is 2.43. The summed E-state index contributed by atoms with van der Waals surface area (Å²) in [5.74, 6) is 0. The van der Waals surface area contributed by atoms with Crippen molar-refractivity contribution in [3.63, 3.8) is 0 Å². The van der Waals surface area contributed by atoms with Gasteiger partial charge >= 0.3 is 0 Å². The van der Waals surface area contributed by atoms with Crippen LogP contribution in [0.5, 0.6) is 0 Å². The highest BCUT2D eigenvalue weighted by atomic mass is 32.1. The lowest BCUT2D eigenvalue weighted by molar-refractivity contribution is 0.199. The van der Waals surface area contributed by atoms with Crippen molar-refractivity contribution in [2.24, 2.45) is 10.8 Å². The average molecular weight is 309 g/mol. The van der Waals surface area contributed by atoms with Gasteiger partial charge in [-0.05, 0) is 35.8 Å². The van der Waals surface area contributed by atoms with Crippen LogP contribution in [0.3, 0.4) is 0 Å². The molecule has 0 fully saturated rings. The second kappa shape index (κ2) is 5.72. The van der Waals surface area contributed by atoms with E-state index in [2.05, 4.69) is 81.4 Å². The van der Waals surface area contributed by atoms with E-state index in [9.17, 15) is 0 Å². The van der Waals surface area contributed by atoms with Crippen molar-refractivity contribution in [2.45, 2.75) is 92.9 Å². The van der Waals surface area contributed by atoms with E-state index >= 15 is 0 Å². The molecule has 1 rings (SSSR count). The largest absolute Gasteiger partial charge is 0.144 e. The van der Waals surface area contributed by atoms with Crippen LogP contribution in [0.25, 0.3) is 0 Å². The van der Waals surface area contributed by atoms with Crippen LogP contribution in [0.4, 0.5) is 0 Å². The van der Waals surface area contributed by atoms with Crippen LogP contribution in [0.2, 0.25) is 0 Å². The topological polar surface area (TPSA) is 0 Å². The molecule has 2 atom stereocenters. The third-order valence-electron chi connectivity index (χ3n) is 6.42. The fourth-order valence-corrected chi connectivity index (χ4v) is 4.94. The molecule has 1 heterocycles. The van der Waals surface area contributed by atoms with Gasteiger partial charge in [-0.1, -0.05) is 69.2 Å². The second-order valence-electron chi connectivity index (χ2n) is 9.04. The van der Waals surface area contributed by atoms with Crippen LogP contribution in [0.1, 0.15) is 91.8 Å². The van der Waals surface area contributed by atoms with Crippen molar-refractivity contribution in [3.8, 4) is 0 Å². The lowest BCUT2D eigenvalue weighted by Crippen LogP contribution is -2.36. The Hall–Kier alpha value is -0.300. The van der Waals surface area contributed by atoms with Crippen molar-refractivity contribution in [1.82, 2.24) is 0 Å². The lowest BCUT2D eigenvalue weighted by Gasteiger charge is -2.42. The zero-order valence-corrected chi connectivity index (χ0v) is 16.8. The highest BCUT2D eigenvalue weighted by molar-refractivity contribution is 7.12. The Morgan fingerprint density at radius 1 is 0.667 bits per heavy atom. The normalized spacial score (nSPS) is 19.1. The van der Waals surface area contributed by atoms with Gasteiger partial charge in [0, 0.05) is 20.6 Å². The van der Waals surface area contributed by atoms with Gasteiger partial charge in [0.2, 0.25) is 0 Å². The second-order valence-corrected chi connectivity index (χ2v) is 10.1. The summed E-state index contributed by atoms with van der Waals surface area (Å²) in [5, 5.41) is 0. The maximum Gasteiger partial charge on any atom is 0.0113 e. The van der Waals surface area contributed by atoms with Crippen molar-refractivity contribution in [2.75, 3.05) is 0 Å². The van der Waals surface area contributed by atoms with E-state index in [1.807, 2.05) is 11.3 Å². The number of hydrogen-bond donors (Lipinski definition) is 0. The molecular weight excluding hydrogens is 272 g/mol. The first-order valence-corrected chi connectivity index (χ1v) is 9.26. The Balaban J connectivity index is 3.35. The summed E-state index contributed by atoms with van der Waals surface area (Å²) in [6, 6.07) is 4.79. The molecule has 1 aromatic heterocycles. The minimum Gasteiger partial charge on any atom is -0.144 e. The fourth-order valence-electron chi connectivity index (χ4n) is 3.08. The SMILES string of the molecule is CCC(C)(c1ccc(C(C)(CC)C(C)(C)C)s1)C(C)(C)C. The molecule has 0 saturated heterocycles. The predicted molar refractivity (Wildman–Crippen MR) is 98.5 cm³/mol. The van der Waals surface area contributed by atoms with E-state index in [0.717, 1.165) is 0 Å².